The molecule has 2 rings (SSSR count). The Bertz CT molecular complexity index is 341. The highest BCUT2D eigenvalue weighted by atomic mass is 16.5. The summed E-state index contributed by atoms with van der Waals surface area (Å²) in [6, 6.07) is 0. The predicted molar refractivity (Wildman–Crippen MR) is 59.7 cm³/mol. The minimum absolute atomic E-state index is 0.0409. The molecule has 1 aliphatic heterocycles. The highest BCUT2D eigenvalue weighted by Crippen LogP contribution is 2.25. The van der Waals surface area contributed by atoms with Crippen molar-refractivity contribution in [3.8, 4) is 0 Å². The van der Waals surface area contributed by atoms with Gasteiger partial charge in [0.25, 0.3) is 0 Å². The van der Waals surface area contributed by atoms with E-state index in [4.69, 9.17) is 10.5 Å². The Labute approximate surface area is 89.6 Å². The molecule has 1 aromatic rings. The van der Waals surface area contributed by atoms with E-state index < -0.39 is 0 Å². The molecule has 1 aliphatic rings. The van der Waals surface area contributed by atoms with Crippen molar-refractivity contribution < 1.29 is 4.74 Å². The summed E-state index contributed by atoms with van der Waals surface area (Å²) in [4.78, 5) is 0. The molecule has 1 saturated heterocycles. The Kier molecular flexibility index (Phi) is 2.56. The summed E-state index contributed by atoms with van der Waals surface area (Å²) in [5, 5.41) is 7.64. The minimum atomic E-state index is -0.0409. The maximum Gasteiger partial charge on any atom is 0.171 e. The summed E-state index contributed by atoms with van der Waals surface area (Å²) in [5.41, 5.74) is 6.47. The van der Waals surface area contributed by atoms with E-state index in [0.717, 1.165) is 25.3 Å². The molecule has 0 bridgehead atoms. The largest absolute Gasteiger partial charge is 0.394 e. The van der Waals surface area contributed by atoms with Gasteiger partial charge in [0.2, 0.25) is 0 Å². The first kappa shape index (κ1) is 10.3. The van der Waals surface area contributed by atoms with Crippen LogP contribution in [0, 0.1) is 0 Å². The van der Waals surface area contributed by atoms with Crippen molar-refractivity contribution in [2.24, 2.45) is 7.05 Å². The van der Waals surface area contributed by atoms with Crippen LogP contribution in [0.1, 0.15) is 19.8 Å². The molecule has 0 aliphatic carbocycles. The van der Waals surface area contributed by atoms with E-state index in [9.17, 15) is 0 Å². The summed E-state index contributed by atoms with van der Waals surface area (Å²) in [5.74, 6) is 0.755. The van der Waals surface area contributed by atoms with Crippen molar-refractivity contribution in [3.63, 3.8) is 0 Å². The lowest BCUT2D eigenvalue weighted by Crippen LogP contribution is -2.43. The lowest BCUT2D eigenvalue weighted by molar-refractivity contribution is 0.0539. The van der Waals surface area contributed by atoms with Crippen molar-refractivity contribution in [2.45, 2.75) is 25.3 Å². The van der Waals surface area contributed by atoms with Gasteiger partial charge in [0.15, 0.2) is 5.82 Å². The van der Waals surface area contributed by atoms with E-state index in [1.807, 2.05) is 7.05 Å². The topological polar surface area (TPSA) is 65.1 Å². The van der Waals surface area contributed by atoms with E-state index in [1.165, 1.54) is 0 Å². The van der Waals surface area contributed by atoms with Crippen LogP contribution in [0.4, 0.5) is 11.5 Å². The molecule has 5 heteroatoms. The first-order valence-corrected chi connectivity index (χ1v) is 5.24. The van der Waals surface area contributed by atoms with Crippen LogP contribution >= 0.6 is 0 Å². The summed E-state index contributed by atoms with van der Waals surface area (Å²) in [6.07, 6.45) is 3.97. The third kappa shape index (κ3) is 2.23. The zero-order chi connectivity index (χ0) is 10.9. The molecule has 1 atom stereocenters. The lowest BCUT2D eigenvalue weighted by atomic mass is 9.95. The van der Waals surface area contributed by atoms with Crippen LogP contribution in [-0.2, 0) is 11.8 Å². The summed E-state index contributed by atoms with van der Waals surface area (Å²) >= 11 is 0. The summed E-state index contributed by atoms with van der Waals surface area (Å²) in [6.45, 7) is 3.71. The van der Waals surface area contributed by atoms with Crippen LogP contribution in [0.5, 0.6) is 0 Å². The van der Waals surface area contributed by atoms with Crippen molar-refractivity contribution in [1.29, 1.82) is 0 Å². The van der Waals surface area contributed by atoms with Crippen molar-refractivity contribution in [3.05, 3.63) is 6.20 Å². The van der Waals surface area contributed by atoms with Crippen LogP contribution in [0.15, 0.2) is 6.20 Å². The zero-order valence-electron chi connectivity index (χ0n) is 9.29. The zero-order valence-corrected chi connectivity index (χ0v) is 9.29. The third-order valence-electron chi connectivity index (χ3n) is 2.72. The fourth-order valence-corrected chi connectivity index (χ4v) is 1.92. The molecule has 0 radical (unpaired) electrons. The minimum Gasteiger partial charge on any atom is -0.394 e. The van der Waals surface area contributed by atoms with Gasteiger partial charge >= 0.3 is 0 Å². The molecule has 0 amide bonds. The number of anilines is 2. The molecule has 15 heavy (non-hydrogen) atoms. The van der Waals surface area contributed by atoms with Crippen LogP contribution in [0.3, 0.4) is 0 Å². The van der Waals surface area contributed by atoms with Gasteiger partial charge in [-0.2, -0.15) is 5.10 Å². The van der Waals surface area contributed by atoms with E-state index >= 15 is 0 Å². The molecule has 2 heterocycles. The summed E-state index contributed by atoms with van der Waals surface area (Å²) < 4.78 is 7.18. The number of hydrogen-bond acceptors (Lipinski definition) is 4. The van der Waals surface area contributed by atoms with Gasteiger partial charge in [0.1, 0.15) is 0 Å². The van der Waals surface area contributed by atoms with Crippen molar-refractivity contribution in [1.82, 2.24) is 9.78 Å². The lowest BCUT2D eigenvalue weighted by Gasteiger charge is -2.34. The number of nitrogens with one attached hydrogen (secondary N) is 1. The van der Waals surface area contributed by atoms with Gasteiger partial charge in [-0.3, -0.25) is 4.68 Å². The quantitative estimate of drug-likeness (QED) is 0.763. The van der Waals surface area contributed by atoms with Gasteiger partial charge in [0, 0.05) is 19.9 Å². The first-order valence-electron chi connectivity index (χ1n) is 5.24. The molecule has 1 fully saturated rings. The number of rotatable bonds is 2. The van der Waals surface area contributed by atoms with Gasteiger partial charge in [-0.25, -0.2) is 0 Å². The van der Waals surface area contributed by atoms with Gasteiger partial charge in [-0.15, -0.1) is 0 Å². The van der Waals surface area contributed by atoms with Crippen LogP contribution in [-0.4, -0.2) is 28.5 Å². The Morgan fingerprint density at radius 3 is 3.00 bits per heavy atom. The predicted octanol–water partition coefficient (Wildman–Crippen LogP) is 0.983. The van der Waals surface area contributed by atoms with Gasteiger partial charge in [-0.05, 0) is 19.8 Å². The molecule has 3 N–H and O–H groups in total. The maximum absolute atomic E-state index is 5.83. The van der Waals surface area contributed by atoms with Crippen LogP contribution in [0.25, 0.3) is 0 Å². The van der Waals surface area contributed by atoms with Gasteiger partial charge < -0.3 is 15.8 Å². The molecular formula is C10H18N4O. The maximum atomic E-state index is 5.83. The molecule has 0 spiro atoms. The Morgan fingerprint density at radius 1 is 1.67 bits per heavy atom. The standard InChI is InChI=1S/C10H18N4O/c1-10(4-3-5-15-7-10)12-9-8(11)6-14(2)13-9/h6H,3-5,7,11H2,1-2H3,(H,12,13). The van der Waals surface area contributed by atoms with Crippen molar-refractivity contribution >= 4 is 11.5 Å². The van der Waals surface area contributed by atoms with Crippen LogP contribution < -0.4 is 11.1 Å². The number of nitrogen functional groups attached to an aromatic ring is 1. The highest BCUT2D eigenvalue weighted by molar-refractivity contribution is 5.61. The molecule has 1 unspecified atom stereocenters. The molecular weight excluding hydrogens is 192 g/mol. The average molecular weight is 210 g/mol. The molecule has 5 nitrogen and oxygen atoms in total. The number of hydrogen-bond donors (Lipinski definition) is 2. The second-order valence-corrected chi connectivity index (χ2v) is 4.45. The van der Waals surface area contributed by atoms with E-state index in [2.05, 4.69) is 17.3 Å². The molecule has 1 aromatic heterocycles. The fourth-order valence-electron chi connectivity index (χ4n) is 1.92. The SMILES string of the molecule is Cn1cc(N)c(NC2(C)CCCOC2)n1. The Hall–Kier alpha value is -1.23. The molecule has 0 aromatic carbocycles. The molecule has 84 valence electrons. The Balaban J connectivity index is 2.09. The van der Waals surface area contributed by atoms with Crippen molar-refractivity contribution in [2.75, 3.05) is 24.3 Å². The first-order chi connectivity index (χ1) is 7.09. The van der Waals surface area contributed by atoms with E-state index in [-0.39, 0.29) is 5.54 Å². The smallest absolute Gasteiger partial charge is 0.171 e. The second-order valence-electron chi connectivity index (χ2n) is 4.45. The number of aromatic nitrogens is 2. The number of ether oxygens (including phenoxy) is 1. The number of aryl methyl sites for hydroxylation is 1. The fraction of sp³-hybridized carbons (Fsp3) is 0.700. The third-order valence-corrected chi connectivity index (χ3v) is 2.72. The monoisotopic (exact) mass is 210 g/mol. The molecule has 0 saturated carbocycles. The number of nitrogens with two attached hydrogens (primary N) is 1. The number of nitrogens with zero attached hydrogens (tertiary/aromatic N) is 2. The average Bonchev–Trinajstić information content (AvgIpc) is 2.45. The Morgan fingerprint density at radius 2 is 2.47 bits per heavy atom. The van der Waals surface area contributed by atoms with E-state index in [1.54, 1.807) is 10.9 Å². The second kappa shape index (κ2) is 3.73. The highest BCUT2D eigenvalue weighted by Gasteiger charge is 2.28. The van der Waals surface area contributed by atoms with Crippen LogP contribution in [0.2, 0.25) is 0 Å². The van der Waals surface area contributed by atoms with Gasteiger partial charge in [-0.1, -0.05) is 0 Å². The normalized spacial score (nSPS) is 26.5. The van der Waals surface area contributed by atoms with E-state index in [0.29, 0.717) is 12.3 Å². The van der Waals surface area contributed by atoms with Gasteiger partial charge in [0.05, 0.1) is 17.8 Å². The summed E-state index contributed by atoms with van der Waals surface area (Å²) in [7, 11) is 1.86.